The number of pyridine rings is 1. The Kier molecular flexibility index (Phi) is 4.90. The Morgan fingerprint density at radius 3 is 2.62 bits per heavy atom. The molecule has 166 valence electrons. The van der Waals surface area contributed by atoms with Crippen molar-refractivity contribution in [3.63, 3.8) is 0 Å². The molecule has 0 bridgehead atoms. The van der Waals surface area contributed by atoms with E-state index in [-0.39, 0.29) is 16.6 Å². The summed E-state index contributed by atoms with van der Waals surface area (Å²) in [4.78, 5) is 21.3. The van der Waals surface area contributed by atoms with Crippen molar-refractivity contribution in [3.8, 4) is 5.75 Å². The molecule has 0 radical (unpaired) electrons. The third-order valence-electron chi connectivity index (χ3n) is 5.76. The number of carbonyl (C=O) groups is 1. The van der Waals surface area contributed by atoms with Gasteiger partial charge in [0.05, 0.1) is 42.8 Å². The Hall–Kier alpha value is -3.37. The highest BCUT2D eigenvalue weighted by Gasteiger charge is 2.31. The summed E-state index contributed by atoms with van der Waals surface area (Å²) in [5, 5.41) is 0.634. The largest absolute Gasteiger partial charge is 0.495 e. The highest BCUT2D eigenvalue weighted by molar-refractivity contribution is 7.92. The van der Waals surface area contributed by atoms with E-state index in [0.29, 0.717) is 60.0 Å². The summed E-state index contributed by atoms with van der Waals surface area (Å²) in [6.07, 6.45) is 0. The molecule has 0 spiro atoms. The predicted molar refractivity (Wildman–Crippen MR) is 121 cm³/mol. The minimum Gasteiger partial charge on any atom is -0.495 e. The second kappa shape index (κ2) is 7.64. The lowest BCUT2D eigenvalue weighted by Crippen LogP contribution is -2.36. The monoisotopic (exact) mass is 454 g/mol. The van der Waals surface area contributed by atoms with E-state index >= 15 is 0 Å². The van der Waals surface area contributed by atoms with Crippen molar-refractivity contribution in [2.75, 3.05) is 55.0 Å². The molecule has 32 heavy (non-hydrogen) atoms. The zero-order valence-corrected chi connectivity index (χ0v) is 18.5. The zero-order valence-electron chi connectivity index (χ0n) is 17.7. The van der Waals surface area contributed by atoms with Crippen molar-refractivity contribution in [2.45, 2.75) is 4.90 Å². The molecule has 1 saturated heterocycles. The highest BCUT2D eigenvalue weighted by Crippen LogP contribution is 2.41. The predicted octanol–water partition coefficient (Wildman–Crippen LogP) is 2.47. The Balaban J connectivity index is 1.66. The molecule has 5 rings (SSSR count). The van der Waals surface area contributed by atoms with Crippen LogP contribution in [0.3, 0.4) is 0 Å². The summed E-state index contributed by atoms with van der Waals surface area (Å²) in [6, 6.07) is 11.5. The van der Waals surface area contributed by atoms with Crippen LogP contribution in [0, 0.1) is 0 Å². The molecule has 0 aliphatic carbocycles. The van der Waals surface area contributed by atoms with Gasteiger partial charge in [-0.3, -0.25) is 9.52 Å². The second-order valence-electron chi connectivity index (χ2n) is 7.60. The Morgan fingerprint density at radius 1 is 1.12 bits per heavy atom. The number of nitrogens with one attached hydrogen (secondary N) is 1. The fourth-order valence-corrected chi connectivity index (χ4v) is 5.36. The summed E-state index contributed by atoms with van der Waals surface area (Å²) >= 11 is 0. The lowest BCUT2D eigenvalue weighted by Gasteiger charge is -2.28. The van der Waals surface area contributed by atoms with Gasteiger partial charge in [-0.2, -0.15) is 0 Å². The zero-order chi connectivity index (χ0) is 22.5. The van der Waals surface area contributed by atoms with Gasteiger partial charge in [0.2, 0.25) is 0 Å². The Bertz CT molecular complexity index is 1340. The molecule has 0 atom stereocenters. The number of carbonyl (C=O) groups excluding carboxylic acids is 1. The standard InChI is InChI=1S/C22H22N4O5S/c1-25-16-8-7-15(24-32(28,29)18-6-4-3-5-17(18)30-2)21-20(16)14(22(25)27)13-19(23-21)26-9-11-31-12-10-26/h3-8,13,24H,9-12H2,1-2H3. The molecule has 10 heteroatoms. The van der Waals surface area contributed by atoms with Gasteiger partial charge in [-0.05, 0) is 30.3 Å². The van der Waals surface area contributed by atoms with Gasteiger partial charge in [-0.1, -0.05) is 12.1 Å². The highest BCUT2D eigenvalue weighted by atomic mass is 32.2. The number of sulfonamides is 1. The van der Waals surface area contributed by atoms with Crippen molar-refractivity contribution in [2.24, 2.45) is 0 Å². The van der Waals surface area contributed by atoms with Gasteiger partial charge in [-0.15, -0.1) is 0 Å². The SMILES string of the molecule is COc1ccccc1S(=O)(=O)Nc1ccc2c3c(cc(N4CCOCC4)nc13)C(=O)N2C. The van der Waals surface area contributed by atoms with E-state index in [9.17, 15) is 13.2 Å². The number of hydrogen-bond acceptors (Lipinski definition) is 7. The fourth-order valence-electron chi connectivity index (χ4n) is 4.13. The van der Waals surface area contributed by atoms with Crippen LogP contribution in [0.5, 0.6) is 5.75 Å². The molecule has 2 aromatic carbocycles. The van der Waals surface area contributed by atoms with E-state index in [1.165, 1.54) is 13.2 Å². The van der Waals surface area contributed by atoms with Crippen LogP contribution in [0.25, 0.3) is 10.9 Å². The molecular weight excluding hydrogens is 432 g/mol. The first kappa shape index (κ1) is 20.5. The van der Waals surface area contributed by atoms with Gasteiger partial charge in [0.15, 0.2) is 0 Å². The van der Waals surface area contributed by atoms with Crippen LogP contribution in [0.2, 0.25) is 0 Å². The number of rotatable bonds is 5. The minimum atomic E-state index is -3.96. The van der Waals surface area contributed by atoms with Gasteiger partial charge < -0.3 is 19.3 Å². The van der Waals surface area contributed by atoms with E-state index < -0.39 is 10.0 Å². The number of aromatic nitrogens is 1. The molecule has 3 aromatic rings. The van der Waals surface area contributed by atoms with Crippen LogP contribution >= 0.6 is 0 Å². The van der Waals surface area contributed by atoms with Crippen molar-refractivity contribution in [1.29, 1.82) is 0 Å². The minimum absolute atomic E-state index is 0.0207. The van der Waals surface area contributed by atoms with Gasteiger partial charge in [-0.25, -0.2) is 13.4 Å². The lowest BCUT2D eigenvalue weighted by atomic mass is 10.1. The molecule has 2 aliphatic heterocycles. The van der Waals surface area contributed by atoms with Crippen LogP contribution in [0.4, 0.5) is 17.2 Å². The maximum Gasteiger partial charge on any atom is 0.265 e. The average Bonchev–Trinajstić information content (AvgIpc) is 3.06. The number of ether oxygens (including phenoxy) is 2. The number of methoxy groups -OCH3 is 1. The Morgan fingerprint density at radius 2 is 1.88 bits per heavy atom. The second-order valence-corrected chi connectivity index (χ2v) is 9.25. The van der Waals surface area contributed by atoms with Gasteiger partial charge in [0.1, 0.15) is 16.5 Å². The number of benzene rings is 2. The first-order chi connectivity index (χ1) is 15.4. The summed E-state index contributed by atoms with van der Waals surface area (Å²) in [7, 11) is -0.845. The van der Waals surface area contributed by atoms with Crippen molar-refractivity contribution in [1.82, 2.24) is 4.98 Å². The lowest BCUT2D eigenvalue weighted by molar-refractivity contribution is 0.0999. The van der Waals surface area contributed by atoms with E-state index in [1.807, 2.05) is 4.90 Å². The quantitative estimate of drug-likeness (QED) is 0.632. The van der Waals surface area contributed by atoms with Crippen molar-refractivity contribution >= 4 is 44.0 Å². The topological polar surface area (TPSA) is 101 Å². The smallest absolute Gasteiger partial charge is 0.265 e. The number of para-hydroxylation sites is 1. The molecule has 3 heterocycles. The normalized spacial score (nSPS) is 16.0. The number of hydrogen-bond donors (Lipinski definition) is 1. The van der Waals surface area contributed by atoms with E-state index in [1.54, 1.807) is 48.3 Å². The summed E-state index contributed by atoms with van der Waals surface area (Å²) in [5.74, 6) is 0.712. The van der Waals surface area contributed by atoms with Crippen molar-refractivity contribution in [3.05, 3.63) is 48.0 Å². The number of amides is 1. The summed E-state index contributed by atoms with van der Waals surface area (Å²) < 4.78 is 39.7. The first-order valence-corrected chi connectivity index (χ1v) is 11.6. The van der Waals surface area contributed by atoms with Crippen LogP contribution in [-0.4, -0.2) is 59.8 Å². The maximum atomic E-state index is 13.2. The molecule has 2 aliphatic rings. The van der Waals surface area contributed by atoms with Gasteiger partial charge >= 0.3 is 0 Å². The first-order valence-electron chi connectivity index (χ1n) is 10.1. The van der Waals surface area contributed by atoms with E-state index in [0.717, 1.165) is 0 Å². The number of morpholine rings is 1. The fraction of sp³-hybridized carbons (Fsp3) is 0.273. The average molecular weight is 455 g/mol. The van der Waals surface area contributed by atoms with Gasteiger partial charge in [0.25, 0.3) is 15.9 Å². The van der Waals surface area contributed by atoms with Crippen molar-refractivity contribution < 1.29 is 22.7 Å². The van der Waals surface area contributed by atoms with Crippen LogP contribution in [0.15, 0.2) is 47.4 Å². The Labute approximate surface area is 185 Å². The van der Waals surface area contributed by atoms with Crippen LogP contribution in [0.1, 0.15) is 10.4 Å². The summed E-state index contributed by atoms with van der Waals surface area (Å²) in [6.45, 7) is 2.42. The molecular formula is C22H22N4O5S. The summed E-state index contributed by atoms with van der Waals surface area (Å²) in [5.41, 5.74) is 1.93. The van der Waals surface area contributed by atoms with Crippen LogP contribution < -0.4 is 19.3 Å². The molecule has 1 fully saturated rings. The third-order valence-corrected chi connectivity index (χ3v) is 7.16. The number of anilines is 3. The van der Waals surface area contributed by atoms with Gasteiger partial charge in [0, 0.05) is 25.5 Å². The maximum absolute atomic E-state index is 13.2. The van der Waals surface area contributed by atoms with Crippen LogP contribution in [-0.2, 0) is 14.8 Å². The molecule has 1 aromatic heterocycles. The number of nitrogens with zero attached hydrogens (tertiary/aromatic N) is 3. The van der Waals surface area contributed by atoms with E-state index in [4.69, 9.17) is 14.5 Å². The molecule has 1 amide bonds. The third kappa shape index (κ3) is 3.23. The molecule has 1 N–H and O–H groups in total. The molecule has 9 nitrogen and oxygen atoms in total. The molecule has 0 unspecified atom stereocenters. The van der Waals surface area contributed by atoms with E-state index in [2.05, 4.69) is 4.72 Å². The molecule has 0 saturated carbocycles.